The third kappa shape index (κ3) is 2.67. The fraction of sp³-hybridized carbons (Fsp3) is 0.0909. The SMILES string of the molecule is Nc1cc(C(=O)NCc2ccon2)c(Br)cc1F. The van der Waals surface area contributed by atoms with Crippen LogP contribution in [0.4, 0.5) is 10.1 Å². The van der Waals surface area contributed by atoms with Gasteiger partial charge in [0.05, 0.1) is 17.8 Å². The molecule has 0 aliphatic heterocycles. The highest BCUT2D eigenvalue weighted by Crippen LogP contribution is 2.22. The lowest BCUT2D eigenvalue weighted by atomic mass is 10.2. The van der Waals surface area contributed by atoms with Gasteiger partial charge < -0.3 is 15.6 Å². The molecule has 94 valence electrons. The molecule has 0 fully saturated rings. The van der Waals surface area contributed by atoms with Gasteiger partial charge >= 0.3 is 0 Å². The first-order chi connectivity index (χ1) is 8.58. The summed E-state index contributed by atoms with van der Waals surface area (Å²) in [5, 5.41) is 6.27. The molecule has 3 N–H and O–H groups in total. The molecule has 7 heteroatoms. The maximum atomic E-state index is 13.1. The summed E-state index contributed by atoms with van der Waals surface area (Å²) in [5.41, 5.74) is 6.19. The van der Waals surface area contributed by atoms with Crippen molar-refractivity contribution in [1.29, 1.82) is 0 Å². The highest BCUT2D eigenvalue weighted by atomic mass is 79.9. The van der Waals surface area contributed by atoms with Gasteiger partial charge in [0, 0.05) is 10.5 Å². The Hall–Kier alpha value is -1.89. The average Bonchev–Trinajstić information content (AvgIpc) is 2.84. The molecule has 18 heavy (non-hydrogen) atoms. The second kappa shape index (κ2) is 5.18. The van der Waals surface area contributed by atoms with Crippen molar-refractivity contribution >= 4 is 27.5 Å². The molecular formula is C11H9BrFN3O2. The molecule has 0 aliphatic carbocycles. The minimum Gasteiger partial charge on any atom is -0.396 e. The van der Waals surface area contributed by atoms with E-state index < -0.39 is 5.82 Å². The Balaban J connectivity index is 2.11. The largest absolute Gasteiger partial charge is 0.396 e. The Labute approximate surface area is 110 Å². The van der Waals surface area contributed by atoms with Crippen molar-refractivity contribution in [1.82, 2.24) is 10.5 Å². The monoisotopic (exact) mass is 313 g/mol. The van der Waals surface area contributed by atoms with Gasteiger partial charge in [0.15, 0.2) is 0 Å². The normalized spacial score (nSPS) is 10.3. The zero-order chi connectivity index (χ0) is 13.1. The van der Waals surface area contributed by atoms with Crippen molar-refractivity contribution in [2.24, 2.45) is 0 Å². The molecule has 0 atom stereocenters. The number of nitrogens with one attached hydrogen (secondary N) is 1. The number of amides is 1. The molecule has 2 aromatic rings. The van der Waals surface area contributed by atoms with Gasteiger partial charge in [-0.05, 0) is 28.1 Å². The predicted octanol–water partition coefficient (Wildman–Crippen LogP) is 2.09. The van der Waals surface area contributed by atoms with Crippen molar-refractivity contribution < 1.29 is 13.7 Å². The summed E-state index contributed by atoms with van der Waals surface area (Å²) in [6.45, 7) is 0.221. The summed E-state index contributed by atoms with van der Waals surface area (Å²) in [6, 6.07) is 4.06. The van der Waals surface area contributed by atoms with Crippen LogP contribution in [0, 0.1) is 5.82 Å². The molecule has 0 bridgehead atoms. The van der Waals surface area contributed by atoms with Crippen molar-refractivity contribution in [3.05, 3.63) is 46.0 Å². The van der Waals surface area contributed by atoms with Gasteiger partial charge in [-0.2, -0.15) is 0 Å². The lowest BCUT2D eigenvalue weighted by Gasteiger charge is -2.07. The van der Waals surface area contributed by atoms with Crippen LogP contribution in [0.2, 0.25) is 0 Å². The van der Waals surface area contributed by atoms with E-state index in [1.54, 1.807) is 6.07 Å². The van der Waals surface area contributed by atoms with Crippen LogP contribution in [0.5, 0.6) is 0 Å². The second-order valence-electron chi connectivity index (χ2n) is 3.53. The second-order valence-corrected chi connectivity index (χ2v) is 4.38. The minimum absolute atomic E-state index is 0.0789. The molecule has 1 aromatic heterocycles. The third-order valence-electron chi connectivity index (χ3n) is 2.25. The Kier molecular flexibility index (Phi) is 3.61. The standard InChI is InChI=1S/C11H9BrFN3O2/c12-8-4-9(13)10(14)3-7(8)11(17)15-5-6-1-2-18-16-6/h1-4H,5,14H2,(H,15,17). The summed E-state index contributed by atoms with van der Waals surface area (Å²) in [6.07, 6.45) is 1.41. The number of hydrogen-bond donors (Lipinski definition) is 2. The minimum atomic E-state index is -0.574. The number of anilines is 1. The van der Waals surface area contributed by atoms with E-state index in [0.717, 1.165) is 6.07 Å². The maximum absolute atomic E-state index is 13.1. The molecule has 0 saturated carbocycles. The molecule has 0 unspecified atom stereocenters. The first kappa shape index (κ1) is 12.6. The number of halogens is 2. The summed E-state index contributed by atoms with van der Waals surface area (Å²) < 4.78 is 18.1. The highest BCUT2D eigenvalue weighted by molar-refractivity contribution is 9.10. The molecule has 0 radical (unpaired) electrons. The van der Waals surface area contributed by atoms with Gasteiger partial charge in [-0.25, -0.2) is 4.39 Å². The van der Waals surface area contributed by atoms with Gasteiger partial charge in [0.25, 0.3) is 5.91 Å². The first-order valence-corrected chi connectivity index (χ1v) is 5.79. The number of hydrogen-bond acceptors (Lipinski definition) is 4. The van der Waals surface area contributed by atoms with E-state index in [9.17, 15) is 9.18 Å². The summed E-state index contributed by atoms with van der Waals surface area (Å²) in [7, 11) is 0. The molecule has 1 aromatic carbocycles. The van der Waals surface area contributed by atoms with Crippen molar-refractivity contribution in [3.63, 3.8) is 0 Å². The first-order valence-electron chi connectivity index (χ1n) is 5.00. The van der Waals surface area contributed by atoms with E-state index in [-0.39, 0.29) is 23.7 Å². The summed E-state index contributed by atoms with van der Waals surface area (Å²) >= 11 is 3.11. The lowest BCUT2D eigenvalue weighted by molar-refractivity contribution is 0.0949. The van der Waals surface area contributed by atoms with Crippen molar-refractivity contribution in [2.45, 2.75) is 6.54 Å². The van der Waals surface area contributed by atoms with Crippen molar-refractivity contribution in [3.8, 4) is 0 Å². The van der Waals surface area contributed by atoms with Crippen LogP contribution in [-0.4, -0.2) is 11.1 Å². The van der Waals surface area contributed by atoms with Crippen LogP contribution in [0.1, 0.15) is 16.1 Å². The zero-order valence-corrected chi connectivity index (χ0v) is 10.7. The molecule has 1 heterocycles. The van der Waals surface area contributed by atoms with Gasteiger partial charge in [0.2, 0.25) is 0 Å². The average molecular weight is 314 g/mol. The van der Waals surface area contributed by atoms with Crippen molar-refractivity contribution in [2.75, 3.05) is 5.73 Å². The van der Waals surface area contributed by atoms with E-state index in [0.29, 0.717) is 10.2 Å². The lowest BCUT2D eigenvalue weighted by Crippen LogP contribution is -2.23. The predicted molar refractivity (Wildman–Crippen MR) is 66.2 cm³/mol. The van der Waals surface area contributed by atoms with E-state index in [2.05, 4.69) is 30.9 Å². The quantitative estimate of drug-likeness (QED) is 0.850. The topological polar surface area (TPSA) is 81.2 Å². The number of rotatable bonds is 3. The summed E-state index contributed by atoms with van der Waals surface area (Å²) in [5.74, 6) is -0.952. The van der Waals surface area contributed by atoms with E-state index in [1.165, 1.54) is 12.3 Å². The van der Waals surface area contributed by atoms with Crippen LogP contribution in [0.25, 0.3) is 0 Å². The Bertz CT molecular complexity index is 572. The fourth-order valence-corrected chi connectivity index (χ4v) is 1.83. The zero-order valence-electron chi connectivity index (χ0n) is 9.11. The number of carbonyl (C=O) groups is 1. The number of nitrogens with two attached hydrogens (primary N) is 1. The van der Waals surface area contributed by atoms with Crippen LogP contribution in [0.3, 0.4) is 0 Å². The van der Waals surface area contributed by atoms with Crippen LogP contribution >= 0.6 is 15.9 Å². The molecule has 0 saturated heterocycles. The number of benzene rings is 1. The van der Waals surface area contributed by atoms with E-state index in [4.69, 9.17) is 5.73 Å². The molecular weight excluding hydrogens is 305 g/mol. The van der Waals surface area contributed by atoms with E-state index >= 15 is 0 Å². The maximum Gasteiger partial charge on any atom is 0.252 e. The Morgan fingerprint density at radius 3 is 3.00 bits per heavy atom. The number of nitrogen functional groups attached to an aromatic ring is 1. The number of carbonyl (C=O) groups excluding carboxylic acids is 1. The smallest absolute Gasteiger partial charge is 0.252 e. The highest BCUT2D eigenvalue weighted by Gasteiger charge is 2.13. The van der Waals surface area contributed by atoms with Gasteiger partial charge in [-0.15, -0.1) is 0 Å². The van der Waals surface area contributed by atoms with Crippen LogP contribution in [0.15, 0.2) is 33.5 Å². The Morgan fingerprint density at radius 2 is 2.33 bits per heavy atom. The molecule has 0 spiro atoms. The Morgan fingerprint density at radius 1 is 1.56 bits per heavy atom. The summed E-state index contributed by atoms with van der Waals surface area (Å²) in [4.78, 5) is 11.8. The van der Waals surface area contributed by atoms with Gasteiger partial charge in [-0.3, -0.25) is 4.79 Å². The van der Waals surface area contributed by atoms with Gasteiger partial charge in [-0.1, -0.05) is 5.16 Å². The van der Waals surface area contributed by atoms with E-state index in [1.807, 2.05) is 0 Å². The van der Waals surface area contributed by atoms with Crippen LogP contribution in [-0.2, 0) is 6.54 Å². The molecule has 5 nitrogen and oxygen atoms in total. The third-order valence-corrected chi connectivity index (χ3v) is 2.91. The number of nitrogens with zero attached hydrogens (tertiary/aromatic N) is 1. The molecule has 1 amide bonds. The molecule has 0 aliphatic rings. The number of aromatic nitrogens is 1. The fourth-order valence-electron chi connectivity index (χ4n) is 1.33. The molecule has 2 rings (SSSR count). The van der Waals surface area contributed by atoms with Gasteiger partial charge in [0.1, 0.15) is 17.8 Å². The van der Waals surface area contributed by atoms with Crippen LogP contribution < -0.4 is 11.1 Å².